The van der Waals surface area contributed by atoms with Crippen LogP contribution in [0.4, 0.5) is 5.69 Å². The van der Waals surface area contributed by atoms with Gasteiger partial charge in [-0.1, -0.05) is 6.92 Å². The van der Waals surface area contributed by atoms with Crippen molar-refractivity contribution >= 4 is 21.7 Å². The summed E-state index contributed by atoms with van der Waals surface area (Å²) in [5.74, 6) is -0.240. The van der Waals surface area contributed by atoms with Crippen LogP contribution in [0.1, 0.15) is 20.3 Å². The molecular formula is C14H22N2O4S. The van der Waals surface area contributed by atoms with Gasteiger partial charge in [0.15, 0.2) is 0 Å². The quantitative estimate of drug-likeness (QED) is 0.734. The molecule has 0 aromatic heterocycles. The molecule has 0 fully saturated rings. The number of carbonyl (C=O) groups excluding carboxylic acids is 1. The molecule has 21 heavy (non-hydrogen) atoms. The minimum absolute atomic E-state index is 0.229. The molecule has 0 aliphatic rings. The van der Waals surface area contributed by atoms with Crippen LogP contribution in [0.15, 0.2) is 29.2 Å². The van der Waals surface area contributed by atoms with Crippen molar-refractivity contribution in [3.63, 3.8) is 0 Å². The smallest absolute Gasteiger partial charge is 0.307 e. The number of esters is 1. The van der Waals surface area contributed by atoms with E-state index in [2.05, 4.69) is 4.72 Å². The van der Waals surface area contributed by atoms with Crippen molar-refractivity contribution in [2.24, 2.45) is 0 Å². The normalized spacial score (nSPS) is 11.2. The van der Waals surface area contributed by atoms with Crippen LogP contribution in [-0.4, -0.2) is 41.1 Å². The molecule has 1 aromatic rings. The predicted molar refractivity (Wildman–Crippen MR) is 81.8 cm³/mol. The first-order valence-corrected chi connectivity index (χ1v) is 8.35. The van der Waals surface area contributed by atoms with Gasteiger partial charge < -0.3 is 9.64 Å². The summed E-state index contributed by atoms with van der Waals surface area (Å²) in [6.07, 6.45) is 0.293. The van der Waals surface area contributed by atoms with Gasteiger partial charge in [0, 0.05) is 25.8 Å². The average Bonchev–Trinajstić information content (AvgIpc) is 2.45. The number of nitrogens with one attached hydrogen (secondary N) is 1. The fraction of sp³-hybridized carbons (Fsp3) is 0.500. The van der Waals surface area contributed by atoms with Gasteiger partial charge in [-0.05, 0) is 31.2 Å². The highest BCUT2D eigenvalue weighted by atomic mass is 32.2. The largest absolute Gasteiger partial charge is 0.466 e. The van der Waals surface area contributed by atoms with Crippen molar-refractivity contribution < 1.29 is 17.9 Å². The van der Waals surface area contributed by atoms with Crippen LogP contribution in [-0.2, 0) is 19.6 Å². The van der Waals surface area contributed by atoms with Gasteiger partial charge in [-0.2, -0.15) is 0 Å². The van der Waals surface area contributed by atoms with E-state index in [0.29, 0.717) is 26.1 Å². The third-order valence-corrected chi connectivity index (χ3v) is 4.44. The zero-order valence-corrected chi connectivity index (χ0v) is 13.4. The lowest BCUT2D eigenvalue weighted by Gasteiger charge is -2.19. The summed E-state index contributed by atoms with van der Waals surface area (Å²) >= 11 is 0. The fourth-order valence-corrected chi connectivity index (χ4v) is 2.82. The van der Waals surface area contributed by atoms with Gasteiger partial charge in [0.2, 0.25) is 10.0 Å². The van der Waals surface area contributed by atoms with Crippen LogP contribution in [0.2, 0.25) is 0 Å². The Labute approximate surface area is 126 Å². The highest BCUT2D eigenvalue weighted by Gasteiger charge is 2.13. The Hall–Kier alpha value is -1.60. The number of rotatable bonds is 8. The summed E-state index contributed by atoms with van der Waals surface area (Å²) in [7, 11) is -1.59. The van der Waals surface area contributed by atoms with Crippen LogP contribution in [0, 0.1) is 0 Å². The molecule has 0 spiro atoms. The highest BCUT2D eigenvalue weighted by molar-refractivity contribution is 7.89. The number of nitrogens with zero attached hydrogens (tertiary/aromatic N) is 1. The van der Waals surface area contributed by atoms with E-state index in [9.17, 15) is 13.2 Å². The second kappa shape index (κ2) is 7.99. The van der Waals surface area contributed by atoms with Gasteiger partial charge in [0.25, 0.3) is 0 Å². The van der Waals surface area contributed by atoms with Gasteiger partial charge in [-0.15, -0.1) is 0 Å². The summed E-state index contributed by atoms with van der Waals surface area (Å²) < 4.78 is 30.9. The Kier molecular flexibility index (Phi) is 6.64. The Balaban J connectivity index is 2.67. The molecule has 0 bridgehead atoms. The summed E-state index contributed by atoms with van der Waals surface area (Å²) in [4.78, 5) is 13.4. The Morgan fingerprint density at radius 1 is 1.24 bits per heavy atom. The number of hydrogen-bond donors (Lipinski definition) is 1. The van der Waals surface area contributed by atoms with E-state index in [1.54, 1.807) is 38.1 Å². The molecule has 0 radical (unpaired) electrons. The molecule has 0 saturated heterocycles. The lowest BCUT2D eigenvalue weighted by atomic mass is 10.3. The summed E-state index contributed by atoms with van der Waals surface area (Å²) in [6, 6.07) is 6.53. The fourth-order valence-electron chi connectivity index (χ4n) is 1.77. The lowest BCUT2D eigenvalue weighted by molar-refractivity contribution is -0.142. The molecule has 0 aliphatic heterocycles. The highest BCUT2D eigenvalue weighted by Crippen LogP contribution is 2.17. The van der Waals surface area contributed by atoms with E-state index in [0.717, 1.165) is 5.69 Å². The number of sulfonamides is 1. The van der Waals surface area contributed by atoms with Crippen LogP contribution in [0.3, 0.4) is 0 Å². The van der Waals surface area contributed by atoms with Crippen LogP contribution in [0.25, 0.3) is 0 Å². The third-order valence-electron chi connectivity index (χ3n) is 2.88. The molecule has 1 aromatic carbocycles. The zero-order valence-electron chi connectivity index (χ0n) is 12.6. The molecule has 1 rings (SSSR count). The third kappa shape index (κ3) is 5.35. The van der Waals surface area contributed by atoms with E-state index in [1.165, 1.54) is 0 Å². The van der Waals surface area contributed by atoms with Crippen molar-refractivity contribution in [3.8, 4) is 0 Å². The number of ether oxygens (including phenoxy) is 1. The molecule has 0 heterocycles. The minimum atomic E-state index is -3.43. The summed E-state index contributed by atoms with van der Waals surface area (Å²) in [5, 5.41) is 0. The number of hydrogen-bond acceptors (Lipinski definition) is 5. The molecule has 0 unspecified atom stereocenters. The Morgan fingerprint density at radius 2 is 1.86 bits per heavy atom. The van der Waals surface area contributed by atoms with Crippen molar-refractivity contribution in [1.82, 2.24) is 4.72 Å². The van der Waals surface area contributed by atoms with E-state index in [4.69, 9.17) is 4.74 Å². The molecule has 0 saturated carbocycles. The topological polar surface area (TPSA) is 75.7 Å². The van der Waals surface area contributed by atoms with E-state index >= 15 is 0 Å². The average molecular weight is 314 g/mol. The second-order valence-corrected chi connectivity index (χ2v) is 6.24. The summed E-state index contributed by atoms with van der Waals surface area (Å²) in [5.41, 5.74) is 0.842. The minimum Gasteiger partial charge on any atom is -0.466 e. The maximum absolute atomic E-state index is 11.8. The molecular weight excluding hydrogens is 292 g/mol. The standard InChI is InChI=1S/C14H22N2O4S/c1-4-15-21(18,19)13-8-6-12(7-9-13)16(3)11-10-14(17)20-5-2/h6-9,15H,4-5,10-11H2,1-3H3. The summed E-state index contributed by atoms with van der Waals surface area (Å²) in [6.45, 7) is 4.74. The van der Waals surface area contributed by atoms with Crippen molar-refractivity contribution in [3.05, 3.63) is 24.3 Å². The maximum atomic E-state index is 11.8. The second-order valence-electron chi connectivity index (χ2n) is 4.47. The monoisotopic (exact) mass is 314 g/mol. The molecule has 0 aliphatic carbocycles. The molecule has 118 valence electrons. The predicted octanol–water partition coefficient (Wildman–Crippen LogP) is 1.37. The van der Waals surface area contributed by atoms with Crippen LogP contribution < -0.4 is 9.62 Å². The van der Waals surface area contributed by atoms with Crippen molar-refractivity contribution in [1.29, 1.82) is 0 Å². The van der Waals surface area contributed by atoms with Crippen LogP contribution >= 0.6 is 0 Å². The van der Waals surface area contributed by atoms with Crippen molar-refractivity contribution in [2.45, 2.75) is 25.2 Å². The molecule has 0 atom stereocenters. The van der Waals surface area contributed by atoms with Crippen molar-refractivity contribution in [2.75, 3.05) is 31.6 Å². The van der Waals surface area contributed by atoms with Gasteiger partial charge in [0.1, 0.15) is 0 Å². The first-order valence-electron chi connectivity index (χ1n) is 6.87. The molecule has 7 heteroatoms. The first-order chi connectivity index (χ1) is 9.90. The van der Waals surface area contributed by atoms with E-state index in [-0.39, 0.29) is 10.9 Å². The molecule has 0 amide bonds. The van der Waals surface area contributed by atoms with Gasteiger partial charge in [-0.25, -0.2) is 13.1 Å². The van der Waals surface area contributed by atoms with Gasteiger partial charge >= 0.3 is 5.97 Å². The Bertz CT molecular complexity index is 555. The van der Waals surface area contributed by atoms with Gasteiger partial charge in [-0.3, -0.25) is 4.79 Å². The molecule has 1 N–H and O–H groups in total. The lowest BCUT2D eigenvalue weighted by Crippen LogP contribution is -2.24. The van der Waals surface area contributed by atoms with E-state index < -0.39 is 10.0 Å². The SMILES string of the molecule is CCNS(=O)(=O)c1ccc(N(C)CCC(=O)OCC)cc1. The molecule has 6 nitrogen and oxygen atoms in total. The van der Waals surface area contributed by atoms with Crippen LogP contribution in [0.5, 0.6) is 0 Å². The van der Waals surface area contributed by atoms with Gasteiger partial charge in [0.05, 0.1) is 17.9 Å². The number of carbonyl (C=O) groups is 1. The first kappa shape index (κ1) is 17.5. The number of benzene rings is 1. The Morgan fingerprint density at radius 3 is 2.38 bits per heavy atom. The zero-order chi connectivity index (χ0) is 15.9. The van der Waals surface area contributed by atoms with E-state index in [1.807, 2.05) is 11.9 Å². The maximum Gasteiger partial charge on any atom is 0.307 e. The number of anilines is 1.